The summed E-state index contributed by atoms with van der Waals surface area (Å²) < 4.78 is 0. The highest BCUT2D eigenvalue weighted by Crippen LogP contribution is 2.66. The molecule has 2 bridgehead atoms. The van der Waals surface area contributed by atoms with Crippen LogP contribution in [0.5, 0.6) is 0 Å². The summed E-state index contributed by atoms with van der Waals surface area (Å²) in [7, 11) is 0. The SMILES string of the molecule is CC(C)(C=O)CC12CCC(CC1=O)C2(C)C. The Labute approximate surface area is 97.8 Å². The largest absolute Gasteiger partial charge is 0.303 e. The van der Waals surface area contributed by atoms with Gasteiger partial charge < -0.3 is 4.79 Å². The van der Waals surface area contributed by atoms with Gasteiger partial charge in [-0.1, -0.05) is 27.7 Å². The highest BCUT2D eigenvalue weighted by atomic mass is 16.1. The van der Waals surface area contributed by atoms with Gasteiger partial charge in [0.1, 0.15) is 12.1 Å². The zero-order chi connectivity index (χ0) is 12.2. The van der Waals surface area contributed by atoms with Crippen molar-refractivity contribution in [3.05, 3.63) is 0 Å². The second kappa shape index (κ2) is 3.18. The summed E-state index contributed by atoms with van der Waals surface area (Å²) in [6.07, 6.45) is 4.62. The molecule has 0 saturated heterocycles. The second-order valence-corrected chi connectivity index (χ2v) is 6.95. The van der Waals surface area contributed by atoms with E-state index in [1.807, 2.05) is 13.8 Å². The molecule has 0 spiro atoms. The molecular weight excluding hydrogens is 200 g/mol. The lowest BCUT2D eigenvalue weighted by atomic mass is 9.62. The summed E-state index contributed by atoms with van der Waals surface area (Å²) in [5.41, 5.74) is -0.501. The fourth-order valence-corrected chi connectivity index (χ4v) is 4.00. The van der Waals surface area contributed by atoms with E-state index in [9.17, 15) is 9.59 Å². The van der Waals surface area contributed by atoms with Gasteiger partial charge in [-0.25, -0.2) is 0 Å². The standard InChI is InChI=1S/C14H22O2/c1-12(2,9-15)8-14-6-5-10(7-11(14)16)13(14,3)4/h9-10H,5-8H2,1-4H3. The Morgan fingerprint density at radius 3 is 2.44 bits per heavy atom. The maximum absolute atomic E-state index is 12.3. The van der Waals surface area contributed by atoms with Crippen LogP contribution in [0.4, 0.5) is 0 Å². The number of hydrogen-bond donors (Lipinski definition) is 0. The predicted octanol–water partition coefficient (Wildman–Crippen LogP) is 3.00. The first kappa shape index (κ1) is 11.8. The average molecular weight is 222 g/mol. The lowest BCUT2D eigenvalue weighted by Gasteiger charge is -2.40. The van der Waals surface area contributed by atoms with E-state index >= 15 is 0 Å². The Morgan fingerprint density at radius 2 is 2.06 bits per heavy atom. The van der Waals surface area contributed by atoms with Gasteiger partial charge in [0.05, 0.1) is 0 Å². The van der Waals surface area contributed by atoms with Gasteiger partial charge in [-0.05, 0) is 30.6 Å². The molecule has 0 heterocycles. The van der Waals surface area contributed by atoms with Gasteiger partial charge in [-0.3, -0.25) is 4.79 Å². The van der Waals surface area contributed by atoms with Gasteiger partial charge in [0.25, 0.3) is 0 Å². The van der Waals surface area contributed by atoms with Gasteiger partial charge in [-0.2, -0.15) is 0 Å². The molecule has 0 amide bonds. The molecule has 2 fully saturated rings. The third-order valence-electron chi connectivity index (χ3n) is 5.22. The van der Waals surface area contributed by atoms with Gasteiger partial charge in [0, 0.05) is 17.3 Å². The van der Waals surface area contributed by atoms with E-state index in [1.165, 1.54) is 0 Å². The molecule has 2 atom stereocenters. The second-order valence-electron chi connectivity index (χ2n) is 6.95. The Balaban J connectivity index is 2.36. The minimum Gasteiger partial charge on any atom is -0.303 e. The van der Waals surface area contributed by atoms with Crippen LogP contribution < -0.4 is 0 Å². The molecular formula is C14H22O2. The van der Waals surface area contributed by atoms with Crippen molar-refractivity contribution in [2.24, 2.45) is 22.2 Å². The molecule has 2 unspecified atom stereocenters. The van der Waals surface area contributed by atoms with E-state index in [-0.39, 0.29) is 16.2 Å². The summed E-state index contributed by atoms with van der Waals surface area (Å²) in [6, 6.07) is 0. The van der Waals surface area contributed by atoms with Crippen molar-refractivity contribution < 1.29 is 9.59 Å². The molecule has 0 aromatic heterocycles. The van der Waals surface area contributed by atoms with Crippen molar-refractivity contribution in [1.82, 2.24) is 0 Å². The first-order valence-corrected chi connectivity index (χ1v) is 6.25. The smallest absolute Gasteiger partial charge is 0.139 e. The molecule has 16 heavy (non-hydrogen) atoms. The van der Waals surface area contributed by atoms with Gasteiger partial charge in [0.2, 0.25) is 0 Å². The summed E-state index contributed by atoms with van der Waals surface area (Å²) in [6.45, 7) is 8.33. The van der Waals surface area contributed by atoms with Crippen LogP contribution in [-0.4, -0.2) is 12.1 Å². The summed E-state index contributed by atoms with van der Waals surface area (Å²) >= 11 is 0. The molecule has 0 radical (unpaired) electrons. The Bertz CT molecular complexity index is 341. The van der Waals surface area contributed by atoms with Crippen LogP contribution in [-0.2, 0) is 9.59 Å². The minimum atomic E-state index is -0.369. The monoisotopic (exact) mass is 222 g/mol. The molecule has 0 aromatic rings. The minimum absolute atomic E-state index is 0.0877. The lowest BCUT2D eigenvalue weighted by molar-refractivity contribution is -0.133. The molecule has 0 N–H and O–H groups in total. The summed E-state index contributed by atoms with van der Waals surface area (Å²) in [5.74, 6) is 0.950. The number of carbonyl (C=O) groups is 2. The quantitative estimate of drug-likeness (QED) is 0.688. The molecule has 2 nitrogen and oxygen atoms in total. The molecule has 2 saturated carbocycles. The maximum atomic E-state index is 12.3. The number of hydrogen-bond acceptors (Lipinski definition) is 2. The third-order valence-corrected chi connectivity index (χ3v) is 5.22. The number of Topliss-reactive ketones (excluding diaryl/α,β-unsaturated/α-hetero) is 1. The average Bonchev–Trinajstić information content (AvgIpc) is 2.51. The fraction of sp³-hybridized carbons (Fsp3) is 0.857. The van der Waals surface area contributed by atoms with E-state index < -0.39 is 0 Å². The van der Waals surface area contributed by atoms with Crippen molar-refractivity contribution in [2.75, 3.05) is 0 Å². The number of rotatable bonds is 3. The van der Waals surface area contributed by atoms with Crippen molar-refractivity contribution in [3.8, 4) is 0 Å². The number of ketones is 1. The molecule has 2 heteroatoms. The van der Waals surface area contributed by atoms with Crippen LogP contribution in [0.25, 0.3) is 0 Å². The number of aldehydes is 1. The zero-order valence-corrected chi connectivity index (χ0v) is 10.8. The van der Waals surface area contributed by atoms with Crippen LogP contribution >= 0.6 is 0 Å². The van der Waals surface area contributed by atoms with Crippen LogP contribution in [0.1, 0.15) is 53.4 Å². The van der Waals surface area contributed by atoms with Gasteiger partial charge in [-0.15, -0.1) is 0 Å². The highest BCUT2D eigenvalue weighted by molar-refractivity contribution is 5.90. The zero-order valence-electron chi connectivity index (χ0n) is 10.8. The van der Waals surface area contributed by atoms with Crippen molar-refractivity contribution >= 4 is 12.1 Å². The first-order chi connectivity index (χ1) is 7.25. The van der Waals surface area contributed by atoms with Gasteiger partial charge in [0.15, 0.2) is 0 Å². The Morgan fingerprint density at radius 1 is 1.44 bits per heavy atom. The van der Waals surface area contributed by atoms with E-state index in [0.29, 0.717) is 11.7 Å². The fourth-order valence-electron chi connectivity index (χ4n) is 4.00. The van der Waals surface area contributed by atoms with Crippen LogP contribution in [0.2, 0.25) is 0 Å². The topological polar surface area (TPSA) is 34.1 Å². The van der Waals surface area contributed by atoms with Gasteiger partial charge >= 0.3 is 0 Å². The van der Waals surface area contributed by atoms with E-state index in [4.69, 9.17) is 0 Å². The lowest BCUT2D eigenvalue weighted by Crippen LogP contribution is -2.40. The molecule has 2 aliphatic rings. The first-order valence-electron chi connectivity index (χ1n) is 6.25. The maximum Gasteiger partial charge on any atom is 0.139 e. The predicted molar refractivity (Wildman–Crippen MR) is 63.0 cm³/mol. The summed E-state index contributed by atoms with van der Waals surface area (Å²) in [4.78, 5) is 23.3. The normalized spacial score (nSPS) is 36.8. The van der Waals surface area contributed by atoms with Crippen molar-refractivity contribution in [2.45, 2.75) is 53.4 Å². The molecule has 0 aliphatic heterocycles. The number of carbonyl (C=O) groups excluding carboxylic acids is 2. The van der Waals surface area contributed by atoms with Crippen LogP contribution in [0.3, 0.4) is 0 Å². The van der Waals surface area contributed by atoms with Crippen molar-refractivity contribution in [3.63, 3.8) is 0 Å². The van der Waals surface area contributed by atoms with Crippen LogP contribution in [0.15, 0.2) is 0 Å². The van der Waals surface area contributed by atoms with Crippen molar-refractivity contribution in [1.29, 1.82) is 0 Å². The molecule has 0 aromatic carbocycles. The Hall–Kier alpha value is -0.660. The highest BCUT2D eigenvalue weighted by Gasteiger charge is 2.64. The third kappa shape index (κ3) is 1.31. The molecule has 2 aliphatic carbocycles. The summed E-state index contributed by atoms with van der Waals surface area (Å²) in [5, 5.41) is 0. The molecule has 2 rings (SSSR count). The molecule has 90 valence electrons. The Kier molecular flexibility index (Phi) is 2.35. The van der Waals surface area contributed by atoms with E-state index in [0.717, 1.165) is 32.0 Å². The van der Waals surface area contributed by atoms with E-state index in [1.54, 1.807) is 0 Å². The number of fused-ring (bicyclic) bond motifs is 2. The van der Waals surface area contributed by atoms with E-state index in [2.05, 4.69) is 13.8 Å². The van der Waals surface area contributed by atoms with Crippen LogP contribution in [0, 0.1) is 22.2 Å².